The molecule has 0 unspecified atom stereocenters. The Labute approximate surface area is 109 Å². The molecular weight excluding hydrogens is 252 g/mol. The fourth-order valence-corrected chi connectivity index (χ4v) is 3.04. The molecule has 1 rings (SSSR count). The first-order valence-corrected chi connectivity index (χ1v) is 7.87. The minimum absolute atomic E-state index is 0.0183. The molecule has 0 aliphatic rings. The van der Waals surface area contributed by atoms with E-state index in [1.165, 1.54) is 0 Å². The first-order chi connectivity index (χ1) is 8.57. The van der Waals surface area contributed by atoms with Gasteiger partial charge in [0.25, 0.3) is 0 Å². The summed E-state index contributed by atoms with van der Waals surface area (Å²) in [7, 11) is -3.23. The predicted molar refractivity (Wildman–Crippen MR) is 71.0 cm³/mol. The first kappa shape index (κ1) is 15.1. The van der Waals surface area contributed by atoms with Gasteiger partial charge in [0.1, 0.15) is 5.75 Å². The van der Waals surface area contributed by atoms with E-state index in [2.05, 4.69) is 0 Å². The van der Waals surface area contributed by atoms with Crippen LogP contribution in [0.1, 0.15) is 19.4 Å². The van der Waals surface area contributed by atoms with Gasteiger partial charge in [-0.15, -0.1) is 0 Å². The third kappa shape index (κ3) is 5.62. The van der Waals surface area contributed by atoms with Crippen LogP contribution in [0.4, 0.5) is 0 Å². The fraction of sp³-hybridized carbons (Fsp3) is 0.538. The molecule has 5 heteroatoms. The Morgan fingerprint density at radius 3 is 2.11 bits per heavy atom. The van der Waals surface area contributed by atoms with Crippen LogP contribution in [0.3, 0.4) is 0 Å². The highest BCUT2D eigenvalue weighted by atomic mass is 32.2. The fourth-order valence-electron chi connectivity index (χ4n) is 1.61. The lowest BCUT2D eigenvalue weighted by Crippen LogP contribution is -2.28. The Hall–Kier alpha value is -0.910. The van der Waals surface area contributed by atoms with Crippen LogP contribution in [0.2, 0.25) is 0 Å². The normalized spacial score (nSPS) is 11.9. The van der Waals surface area contributed by atoms with Gasteiger partial charge in [0.2, 0.25) is 0 Å². The van der Waals surface area contributed by atoms with Crippen LogP contribution in [-0.4, -0.2) is 33.7 Å². The molecule has 0 aromatic heterocycles. The number of ether oxygens (including phenoxy) is 2. The van der Waals surface area contributed by atoms with E-state index < -0.39 is 16.1 Å². The van der Waals surface area contributed by atoms with Crippen LogP contribution in [0.5, 0.6) is 0 Å². The minimum Gasteiger partial charge on any atom is -0.352 e. The molecule has 0 radical (unpaired) electrons. The molecule has 0 N–H and O–H groups in total. The SMILES string of the molecule is CCOC(CS(=O)(=O)Cc1ccccc1)OCC. The van der Waals surface area contributed by atoms with Gasteiger partial charge in [-0.1, -0.05) is 30.3 Å². The molecule has 0 aliphatic heterocycles. The highest BCUT2D eigenvalue weighted by Crippen LogP contribution is 2.09. The van der Waals surface area contributed by atoms with Crippen molar-refractivity contribution in [2.45, 2.75) is 25.9 Å². The van der Waals surface area contributed by atoms with Crippen molar-refractivity contribution in [1.82, 2.24) is 0 Å². The van der Waals surface area contributed by atoms with Crippen molar-refractivity contribution >= 4 is 9.84 Å². The molecule has 18 heavy (non-hydrogen) atoms. The zero-order chi connectivity index (χ0) is 13.4. The summed E-state index contributed by atoms with van der Waals surface area (Å²) >= 11 is 0. The summed E-state index contributed by atoms with van der Waals surface area (Å²) in [5, 5.41) is 0. The second-order valence-electron chi connectivity index (χ2n) is 3.88. The van der Waals surface area contributed by atoms with Crippen molar-refractivity contribution in [1.29, 1.82) is 0 Å². The zero-order valence-electron chi connectivity index (χ0n) is 10.8. The molecule has 0 fully saturated rings. The van der Waals surface area contributed by atoms with Gasteiger partial charge in [0, 0.05) is 13.2 Å². The van der Waals surface area contributed by atoms with Gasteiger partial charge >= 0.3 is 0 Å². The van der Waals surface area contributed by atoms with Crippen LogP contribution in [-0.2, 0) is 25.1 Å². The number of hydrogen-bond donors (Lipinski definition) is 0. The Kier molecular flexibility index (Phi) is 6.32. The van der Waals surface area contributed by atoms with E-state index in [0.29, 0.717) is 13.2 Å². The standard InChI is InChI=1S/C13H20O4S/c1-3-16-13(17-4-2)11-18(14,15)10-12-8-6-5-7-9-12/h5-9,13H,3-4,10-11H2,1-2H3. The van der Waals surface area contributed by atoms with Crippen molar-refractivity contribution in [3.8, 4) is 0 Å². The van der Waals surface area contributed by atoms with Gasteiger partial charge in [0.05, 0.1) is 5.75 Å². The number of hydrogen-bond acceptors (Lipinski definition) is 4. The van der Waals surface area contributed by atoms with Gasteiger partial charge in [-0.25, -0.2) is 8.42 Å². The lowest BCUT2D eigenvalue weighted by Gasteiger charge is -2.16. The molecular formula is C13H20O4S. The summed E-state index contributed by atoms with van der Waals surface area (Å²) in [6.45, 7) is 4.50. The van der Waals surface area contributed by atoms with Crippen LogP contribution >= 0.6 is 0 Å². The van der Waals surface area contributed by atoms with Crippen molar-refractivity contribution in [2.75, 3.05) is 19.0 Å². The molecule has 0 saturated carbocycles. The number of rotatable bonds is 8. The lowest BCUT2D eigenvalue weighted by atomic mass is 10.2. The first-order valence-electron chi connectivity index (χ1n) is 6.05. The summed E-state index contributed by atoms with van der Waals surface area (Å²) in [5.74, 6) is -0.0892. The maximum absolute atomic E-state index is 12.0. The summed E-state index contributed by atoms with van der Waals surface area (Å²) in [4.78, 5) is 0. The van der Waals surface area contributed by atoms with Crippen LogP contribution < -0.4 is 0 Å². The Morgan fingerprint density at radius 1 is 1.06 bits per heavy atom. The van der Waals surface area contributed by atoms with E-state index in [0.717, 1.165) is 5.56 Å². The van der Waals surface area contributed by atoms with E-state index in [1.54, 1.807) is 12.1 Å². The van der Waals surface area contributed by atoms with Gasteiger partial charge < -0.3 is 9.47 Å². The van der Waals surface area contributed by atoms with E-state index >= 15 is 0 Å². The van der Waals surface area contributed by atoms with Crippen molar-refractivity contribution in [3.05, 3.63) is 35.9 Å². The molecule has 1 aromatic carbocycles. The van der Waals surface area contributed by atoms with E-state index in [4.69, 9.17) is 9.47 Å². The van der Waals surface area contributed by atoms with Crippen LogP contribution in [0, 0.1) is 0 Å². The third-order valence-electron chi connectivity index (χ3n) is 2.32. The molecule has 102 valence electrons. The Morgan fingerprint density at radius 2 is 1.61 bits per heavy atom. The molecule has 0 heterocycles. The van der Waals surface area contributed by atoms with Crippen LogP contribution in [0.25, 0.3) is 0 Å². The Bertz CT molecular complexity index is 422. The molecule has 0 spiro atoms. The molecule has 4 nitrogen and oxygen atoms in total. The summed E-state index contributed by atoms with van der Waals surface area (Å²) in [5.41, 5.74) is 0.782. The Balaban J connectivity index is 2.63. The molecule has 0 amide bonds. The molecule has 0 bridgehead atoms. The smallest absolute Gasteiger partial charge is 0.171 e. The topological polar surface area (TPSA) is 52.6 Å². The largest absolute Gasteiger partial charge is 0.352 e. The molecule has 1 aromatic rings. The second kappa shape index (κ2) is 7.51. The predicted octanol–water partition coefficient (Wildman–Crippen LogP) is 2.00. The maximum Gasteiger partial charge on any atom is 0.171 e. The zero-order valence-corrected chi connectivity index (χ0v) is 11.7. The van der Waals surface area contributed by atoms with Crippen molar-refractivity contribution < 1.29 is 17.9 Å². The highest BCUT2D eigenvalue weighted by Gasteiger charge is 2.20. The highest BCUT2D eigenvalue weighted by molar-refractivity contribution is 7.90. The van der Waals surface area contributed by atoms with Gasteiger partial charge in [-0.2, -0.15) is 0 Å². The molecule has 0 aliphatic carbocycles. The number of sulfone groups is 1. The molecule has 0 atom stereocenters. The maximum atomic E-state index is 12.0. The van der Waals surface area contributed by atoms with E-state index in [9.17, 15) is 8.42 Å². The summed E-state index contributed by atoms with van der Waals surface area (Å²) < 4.78 is 34.5. The lowest BCUT2D eigenvalue weighted by molar-refractivity contribution is -0.120. The monoisotopic (exact) mass is 272 g/mol. The van der Waals surface area contributed by atoms with Gasteiger partial charge in [-0.05, 0) is 19.4 Å². The summed E-state index contributed by atoms with van der Waals surface area (Å²) in [6, 6.07) is 9.11. The van der Waals surface area contributed by atoms with Crippen molar-refractivity contribution in [3.63, 3.8) is 0 Å². The average molecular weight is 272 g/mol. The van der Waals surface area contributed by atoms with Crippen LogP contribution in [0.15, 0.2) is 30.3 Å². The number of benzene rings is 1. The second-order valence-corrected chi connectivity index (χ2v) is 5.99. The van der Waals surface area contributed by atoms with Gasteiger partial charge in [0.15, 0.2) is 16.1 Å². The van der Waals surface area contributed by atoms with E-state index in [1.807, 2.05) is 32.0 Å². The quantitative estimate of drug-likeness (QED) is 0.679. The van der Waals surface area contributed by atoms with Gasteiger partial charge in [-0.3, -0.25) is 0 Å². The summed E-state index contributed by atoms with van der Waals surface area (Å²) in [6.07, 6.45) is -0.672. The third-order valence-corrected chi connectivity index (χ3v) is 3.88. The molecule has 0 saturated heterocycles. The minimum atomic E-state index is -3.23. The van der Waals surface area contributed by atoms with E-state index in [-0.39, 0.29) is 11.5 Å². The average Bonchev–Trinajstić information content (AvgIpc) is 2.29. The van der Waals surface area contributed by atoms with Crippen molar-refractivity contribution in [2.24, 2.45) is 0 Å².